The van der Waals surface area contributed by atoms with Crippen molar-refractivity contribution in [1.29, 1.82) is 0 Å². The van der Waals surface area contributed by atoms with E-state index in [2.05, 4.69) is 10.6 Å². The van der Waals surface area contributed by atoms with Crippen molar-refractivity contribution in [2.75, 3.05) is 13.1 Å². The summed E-state index contributed by atoms with van der Waals surface area (Å²) < 4.78 is 0. The van der Waals surface area contributed by atoms with Crippen molar-refractivity contribution in [2.24, 2.45) is 5.92 Å². The predicted octanol–water partition coefficient (Wildman–Crippen LogP) is 1.03. The van der Waals surface area contributed by atoms with Gasteiger partial charge in [0.25, 0.3) is 5.91 Å². The van der Waals surface area contributed by atoms with Gasteiger partial charge in [-0.2, -0.15) is 0 Å². The van der Waals surface area contributed by atoms with Crippen molar-refractivity contribution in [3.63, 3.8) is 0 Å². The maximum atomic E-state index is 11.7. The molecule has 1 aromatic rings. The highest BCUT2D eigenvalue weighted by molar-refractivity contribution is 5.96. The first-order chi connectivity index (χ1) is 9.99. The topological polar surface area (TPSA) is 95.5 Å². The van der Waals surface area contributed by atoms with E-state index in [9.17, 15) is 14.4 Å². The predicted molar refractivity (Wildman–Crippen MR) is 77.8 cm³/mol. The zero-order chi connectivity index (χ0) is 15.7. The summed E-state index contributed by atoms with van der Waals surface area (Å²) in [5, 5.41) is 13.8. The minimum absolute atomic E-state index is 0.0786. The number of carbonyl (C=O) groups is 3. The molecule has 2 amide bonds. The number of hydrogen-bond acceptors (Lipinski definition) is 3. The minimum Gasteiger partial charge on any atom is -0.481 e. The number of hydrogen-bond donors (Lipinski definition) is 3. The van der Waals surface area contributed by atoms with Gasteiger partial charge in [0.1, 0.15) is 0 Å². The average Bonchev–Trinajstić information content (AvgIpc) is 2.49. The molecular formula is C15H20N2O4. The molecule has 0 heterocycles. The lowest BCUT2D eigenvalue weighted by Crippen LogP contribution is -2.38. The maximum Gasteiger partial charge on any atom is 0.303 e. The summed E-state index contributed by atoms with van der Waals surface area (Å²) in [5.74, 6) is -1.36. The van der Waals surface area contributed by atoms with Crippen LogP contribution in [0.15, 0.2) is 30.3 Å². The van der Waals surface area contributed by atoms with Crippen molar-refractivity contribution in [3.05, 3.63) is 35.9 Å². The molecule has 0 saturated heterocycles. The van der Waals surface area contributed by atoms with E-state index in [0.29, 0.717) is 18.5 Å². The molecule has 114 valence electrons. The summed E-state index contributed by atoms with van der Waals surface area (Å²) in [6.07, 6.45) is 0.591. The molecule has 1 rings (SSSR count). The second-order valence-electron chi connectivity index (χ2n) is 4.89. The molecule has 0 aliphatic rings. The van der Waals surface area contributed by atoms with Gasteiger partial charge in [-0.3, -0.25) is 14.4 Å². The number of carboxylic acids is 1. The van der Waals surface area contributed by atoms with E-state index >= 15 is 0 Å². The van der Waals surface area contributed by atoms with E-state index in [-0.39, 0.29) is 30.7 Å². The fourth-order valence-electron chi connectivity index (χ4n) is 1.67. The van der Waals surface area contributed by atoms with Gasteiger partial charge >= 0.3 is 5.97 Å². The number of amides is 2. The molecule has 1 aromatic carbocycles. The first-order valence-corrected chi connectivity index (χ1v) is 6.80. The van der Waals surface area contributed by atoms with Crippen molar-refractivity contribution in [3.8, 4) is 0 Å². The Labute approximate surface area is 123 Å². The van der Waals surface area contributed by atoms with Gasteiger partial charge < -0.3 is 15.7 Å². The molecule has 0 radical (unpaired) electrons. The van der Waals surface area contributed by atoms with E-state index in [0.717, 1.165) is 0 Å². The monoisotopic (exact) mass is 292 g/mol. The number of carbonyl (C=O) groups excluding carboxylic acids is 2. The molecule has 0 aliphatic heterocycles. The van der Waals surface area contributed by atoms with Crippen LogP contribution in [-0.4, -0.2) is 36.0 Å². The lowest BCUT2D eigenvalue weighted by atomic mass is 10.1. The third-order valence-electron chi connectivity index (χ3n) is 2.94. The molecule has 0 spiro atoms. The summed E-state index contributed by atoms with van der Waals surface area (Å²) in [4.78, 5) is 33.7. The Morgan fingerprint density at radius 3 is 2.43 bits per heavy atom. The number of rotatable bonds is 8. The van der Waals surface area contributed by atoms with Gasteiger partial charge in [-0.05, 0) is 24.5 Å². The Hall–Kier alpha value is -2.37. The van der Waals surface area contributed by atoms with Crippen LogP contribution in [0.1, 0.15) is 30.1 Å². The van der Waals surface area contributed by atoms with Crippen LogP contribution in [0.5, 0.6) is 0 Å². The summed E-state index contributed by atoms with van der Waals surface area (Å²) in [5.41, 5.74) is 0.500. The number of benzene rings is 1. The molecule has 21 heavy (non-hydrogen) atoms. The fourth-order valence-corrected chi connectivity index (χ4v) is 1.67. The molecule has 0 fully saturated rings. The molecule has 1 unspecified atom stereocenters. The lowest BCUT2D eigenvalue weighted by Gasteiger charge is -2.12. The van der Waals surface area contributed by atoms with Gasteiger partial charge in [-0.1, -0.05) is 25.1 Å². The van der Waals surface area contributed by atoms with Gasteiger partial charge in [0.05, 0.1) is 6.54 Å². The molecule has 0 aliphatic carbocycles. The van der Waals surface area contributed by atoms with Crippen LogP contribution in [0.25, 0.3) is 0 Å². The van der Waals surface area contributed by atoms with Gasteiger partial charge in [0.15, 0.2) is 0 Å². The highest BCUT2D eigenvalue weighted by atomic mass is 16.4. The third kappa shape index (κ3) is 7.10. The second kappa shape index (κ2) is 8.73. The number of nitrogens with one attached hydrogen (secondary N) is 2. The molecular weight excluding hydrogens is 272 g/mol. The third-order valence-corrected chi connectivity index (χ3v) is 2.94. The molecule has 0 bridgehead atoms. The first kappa shape index (κ1) is 16.7. The maximum absolute atomic E-state index is 11.7. The van der Waals surface area contributed by atoms with Gasteiger partial charge in [-0.15, -0.1) is 0 Å². The standard InChI is InChI=1S/C15H20N2O4/c1-11(7-8-14(19)20)9-16-13(18)10-17-15(21)12-5-3-2-4-6-12/h2-6,11H,7-10H2,1H3,(H,16,18)(H,17,21)(H,19,20). The Morgan fingerprint density at radius 2 is 1.81 bits per heavy atom. The van der Waals surface area contributed by atoms with Crippen LogP contribution < -0.4 is 10.6 Å². The Kier molecular flexibility index (Phi) is 6.94. The normalized spacial score (nSPS) is 11.5. The average molecular weight is 292 g/mol. The summed E-state index contributed by atoms with van der Waals surface area (Å²) >= 11 is 0. The SMILES string of the molecule is CC(CCC(=O)O)CNC(=O)CNC(=O)c1ccccc1. The zero-order valence-corrected chi connectivity index (χ0v) is 12.0. The Morgan fingerprint density at radius 1 is 1.14 bits per heavy atom. The van der Waals surface area contributed by atoms with Gasteiger partial charge in [0, 0.05) is 18.5 Å². The highest BCUT2D eigenvalue weighted by Gasteiger charge is 2.09. The number of carboxylic acid groups (broad SMARTS) is 1. The minimum atomic E-state index is -0.844. The van der Waals surface area contributed by atoms with Crippen LogP contribution in [0.4, 0.5) is 0 Å². The van der Waals surface area contributed by atoms with Crippen molar-refractivity contribution in [2.45, 2.75) is 19.8 Å². The smallest absolute Gasteiger partial charge is 0.303 e. The van der Waals surface area contributed by atoms with Crippen molar-refractivity contribution < 1.29 is 19.5 Å². The van der Waals surface area contributed by atoms with E-state index in [1.807, 2.05) is 13.0 Å². The van der Waals surface area contributed by atoms with Crippen LogP contribution in [0.3, 0.4) is 0 Å². The number of aliphatic carboxylic acids is 1. The largest absolute Gasteiger partial charge is 0.481 e. The fraction of sp³-hybridized carbons (Fsp3) is 0.400. The lowest BCUT2D eigenvalue weighted by molar-refractivity contribution is -0.137. The van der Waals surface area contributed by atoms with Crippen LogP contribution in [0.2, 0.25) is 0 Å². The van der Waals surface area contributed by atoms with Gasteiger partial charge in [0.2, 0.25) is 5.91 Å². The molecule has 0 saturated carbocycles. The van der Waals surface area contributed by atoms with E-state index in [4.69, 9.17) is 5.11 Å². The summed E-state index contributed by atoms with van der Waals surface area (Å²) in [6, 6.07) is 8.64. The Balaban J connectivity index is 2.22. The van der Waals surface area contributed by atoms with E-state index in [1.165, 1.54) is 0 Å². The van der Waals surface area contributed by atoms with Crippen LogP contribution >= 0.6 is 0 Å². The van der Waals surface area contributed by atoms with Crippen LogP contribution in [-0.2, 0) is 9.59 Å². The molecule has 0 aromatic heterocycles. The zero-order valence-electron chi connectivity index (χ0n) is 12.0. The van der Waals surface area contributed by atoms with Crippen molar-refractivity contribution >= 4 is 17.8 Å². The quantitative estimate of drug-likeness (QED) is 0.667. The molecule has 6 nitrogen and oxygen atoms in total. The van der Waals surface area contributed by atoms with E-state index in [1.54, 1.807) is 24.3 Å². The molecule has 1 atom stereocenters. The Bertz CT molecular complexity index is 488. The van der Waals surface area contributed by atoms with E-state index < -0.39 is 5.97 Å². The first-order valence-electron chi connectivity index (χ1n) is 6.80. The molecule has 3 N–H and O–H groups in total. The van der Waals surface area contributed by atoms with Crippen molar-refractivity contribution in [1.82, 2.24) is 10.6 Å². The summed E-state index contributed by atoms with van der Waals surface area (Å²) in [7, 11) is 0. The molecule has 6 heteroatoms. The highest BCUT2D eigenvalue weighted by Crippen LogP contribution is 2.03. The van der Waals surface area contributed by atoms with Crippen LogP contribution in [0, 0.1) is 5.92 Å². The second-order valence-corrected chi connectivity index (χ2v) is 4.89. The van der Waals surface area contributed by atoms with Gasteiger partial charge in [-0.25, -0.2) is 0 Å². The summed E-state index contributed by atoms with van der Waals surface area (Å²) in [6.45, 7) is 2.17.